The second-order valence-electron chi connectivity index (χ2n) is 6.91. The summed E-state index contributed by atoms with van der Waals surface area (Å²) in [5, 5.41) is 0. The smallest absolute Gasteiger partial charge is 0.185 e. The Kier molecular flexibility index (Phi) is 9.42. The van der Waals surface area contributed by atoms with Crippen molar-refractivity contribution in [1.29, 1.82) is 0 Å². The van der Waals surface area contributed by atoms with Crippen molar-refractivity contribution >= 4 is 11.9 Å². The van der Waals surface area contributed by atoms with Gasteiger partial charge in [-0.2, -0.15) is 0 Å². The van der Waals surface area contributed by atoms with Crippen LogP contribution in [0.15, 0.2) is 60.9 Å². The zero-order valence-electron chi connectivity index (χ0n) is 16.1. The minimum absolute atomic E-state index is 0.0428. The van der Waals surface area contributed by atoms with Gasteiger partial charge in [-0.3, -0.25) is 4.79 Å². The summed E-state index contributed by atoms with van der Waals surface area (Å²) in [5.41, 5.74) is 1.78. The number of pyridine rings is 1. The average Bonchev–Trinajstić information content (AvgIpc) is 2.69. The van der Waals surface area contributed by atoms with Crippen LogP contribution in [0.4, 0.5) is 0 Å². The van der Waals surface area contributed by atoms with Crippen LogP contribution in [0.2, 0.25) is 0 Å². The molecule has 0 radical (unpaired) electrons. The van der Waals surface area contributed by atoms with Gasteiger partial charge in [0.05, 0.1) is 0 Å². The Bertz CT molecular complexity index is 658. The molecule has 138 valence electrons. The van der Waals surface area contributed by atoms with E-state index in [0.717, 1.165) is 17.7 Å². The molecule has 0 saturated carbocycles. The van der Waals surface area contributed by atoms with Crippen molar-refractivity contribution < 1.29 is 9.36 Å². The number of benzene rings is 1. The van der Waals surface area contributed by atoms with E-state index in [4.69, 9.17) is 0 Å². The number of rotatable bonds is 12. The standard InChI is InChI=1S/C24H32NO/c1-2-3-4-5-6-7-8-12-19-25-20-17-22(18-21-25)15-16-24(26)23-13-10-9-11-14-23/h9-11,13-18,20-21H,2-8,12,19H2,1H3/q+1/b16-15+. The quantitative estimate of drug-likeness (QED) is 0.199. The molecule has 1 aromatic heterocycles. The van der Waals surface area contributed by atoms with E-state index in [2.05, 4.69) is 36.0 Å². The van der Waals surface area contributed by atoms with Gasteiger partial charge in [-0.15, -0.1) is 0 Å². The molecule has 26 heavy (non-hydrogen) atoms. The number of aromatic nitrogens is 1. The third-order valence-electron chi connectivity index (χ3n) is 4.67. The van der Waals surface area contributed by atoms with Crippen LogP contribution in [0.1, 0.15) is 74.2 Å². The second-order valence-corrected chi connectivity index (χ2v) is 6.91. The van der Waals surface area contributed by atoms with E-state index < -0.39 is 0 Å². The fourth-order valence-corrected chi connectivity index (χ4v) is 3.03. The Morgan fingerprint density at radius 2 is 1.46 bits per heavy atom. The Morgan fingerprint density at radius 1 is 0.846 bits per heavy atom. The highest BCUT2D eigenvalue weighted by molar-refractivity contribution is 6.06. The van der Waals surface area contributed by atoms with Crippen molar-refractivity contribution in [2.45, 2.75) is 64.8 Å². The molecule has 0 N–H and O–H groups in total. The van der Waals surface area contributed by atoms with Gasteiger partial charge in [-0.05, 0) is 18.1 Å². The van der Waals surface area contributed by atoms with Crippen molar-refractivity contribution in [3.8, 4) is 0 Å². The third-order valence-corrected chi connectivity index (χ3v) is 4.67. The summed E-state index contributed by atoms with van der Waals surface area (Å²) in [4.78, 5) is 12.1. The predicted molar refractivity (Wildman–Crippen MR) is 109 cm³/mol. The molecule has 0 aliphatic carbocycles. The summed E-state index contributed by atoms with van der Waals surface area (Å²) in [5.74, 6) is 0.0428. The average molecular weight is 351 g/mol. The largest absolute Gasteiger partial charge is 0.289 e. The molecule has 0 unspecified atom stereocenters. The van der Waals surface area contributed by atoms with E-state index in [1.165, 1.54) is 51.4 Å². The maximum Gasteiger partial charge on any atom is 0.185 e. The first-order valence-corrected chi connectivity index (χ1v) is 10.1. The van der Waals surface area contributed by atoms with E-state index in [0.29, 0.717) is 0 Å². The van der Waals surface area contributed by atoms with Crippen molar-refractivity contribution in [2.75, 3.05) is 0 Å². The molecule has 2 aromatic rings. The fourth-order valence-electron chi connectivity index (χ4n) is 3.03. The van der Waals surface area contributed by atoms with Gasteiger partial charge >= 0.3 is 0 Å². The van der Waals surface area contributed by atoms with Crippen molar-refractivity contribution in [3.05, 3.63) is 72.1 Å². The van der Waals surface area contributed by atoms with Gasteiger partial charge in [0.2, 0.25) is 0 Å². The van der Waals surface area contributed by atoms with E-state index in [1.54, 1.807) is 6.08 Å². The zero-order valence-corrected chi connectivity index (χ0v) is 16.1. The summed E-state index contributed by atoms with van der Waals surface area (Å²) in [6.45, 7) is 3.33. The highest BCUT2D eigenvalue weighted by Crippen LogP contribution is 2.08. The summed E-state index contributed by atoms with van der Waals surface area (Å²) >= 11 is 0. The molecule has 0 bridgehead atoms. The Morgan fingerprint density at radius 3 is 2.12 bits per heavy atom. The SMILES string of the molecule is CCCCCCCCCC[n+]1ccc(/C=C/C(=O)c2ccccc2)cc1. The lowest BCUT2D eigenvalue weighted by molar-refractivity contribution is -0.697. The molecule has 0 spiro atoms. The molecule has 0 amide bonds. The first-order chi connectivity index (χ1) is 12.8. The van der Waals surface area contributed by atoms with Gasteiger partial charge in [-0.1, -0.05) is 81.9 Å². The number of hydrogen-bond donors (Lipinski definition) is 0. The first-order valence-electron chi connectivity index (χ1n) is 10.1. The van der Waals surface area contributed by atoms with E-state index in [1.807, 2.05) is 36.4 Å². The fraction of sp³-hybridized carbons (Fsp3) is 0.417. The monoisotopic (exact) mass is 350 g/mol. The van der Waals surface area contributed by atoms with Crippen LogP contribution < -0.4 is 4.57 Å². The Hall–Kier alpha value is -2.22. The van der Waals surface area contributed by atoms with Crippen LogP contribution in [0, 0.1) is 0 Å². The number of unbranched alkanes of at least 4 members (excludes halogenated alkanes) is 7. The summed E-state index contributed by atoms with van der Waals surface area (Å²) in [7, 11) is 0. The van der Waals surface area contributed by atoms with Gasteiger partial charge in [-0.25, -0.2) is 4.57 Å². The van der Waals surface area contributed by atoms with Gasteiger partial charge in [0.25, 0.3) is 0 Å². The van der Waals surface area contributed by atoms with Crippen LogP contribution in [0.25, 0.3) is 6.08 Å². The van der Waals surface area contributed by atoms with Crippen LogP contribution in [-0.2, 0) is 6.54 Å². The maximum atomic E-state index is 12.1. The van der Waals surface area contributed by atoms with Crippen LogP contribution in [0.3, 0.4) is 0 Å². The predicted octanol–water partition coefficient (Wildman–Crippen LogP) is 6.01. The van der Waals surface area contributed by atoms with Gasteiger partial charge in [0, 0.05) is 24.1 Å². The Balaban J connectivity index is 1.68. The maximum absolute atomic E-state index is 12.1. The molecule has 1 aromatic carbocycles. The molecule has 2 nitrogen and oxygen atoms in total. The number of aryl methyl sites for hydroxylation is 1. The topological polar surface area (TPSA) is 20.9 Å². The van der Waals surface area contributed by atoms with Crippen molar-refractivity contribution in [1.82, 2.24) is 0 Å². The van der Waals surface area contributed by atoms with E-state index in [-0.39, 0.29) is 5.78 Å². The molecule has 0 fully saturated rings. The van der Waals surface area contributed by atoms with Crippen LogP contribution in [0.5, 0.6) is 0 Å². The van der Waals surface area contributed by atoms with Gasteiger partial charge < -0.3 is 0 Å². The molecule has 0 atom stereocenters. The summed E-state index contributed by atoms with van der Waals surface area (Å²) in [6, 6.07) is 13.5. The number of carbonyl (C=O) groups excluding carboxylic acids is 1. The van der Waals surface area contributed by atoms with Crippen molar-refractivity contribution in [2.24, 2.45) is 0 Å². The Labute approximate surface area is 158 Å². The molecule has 2 heteroatoms. The molecule has 0 aliphatic rings. The number of carbonyl (C=O) groups is 1. The highest BCUT2D eigenvalue weighted by atomic mass is 16.1. The number of nitrogens with zero attached hydrogens (tertiary/aromatic N) is 1. The lowest BCUT2D eigenvalue weighted by Gasteiger charge is -2.00. The minimum atomic E-state index is 0.0428. The highest BCUT2D eigenvalue weighted by Gasteiger charge is 2.02. The molecular formula is C24H32NO+. The van der Waals surface area contributed by atoms with Gasteiger partial charge in [0.15, 0.2) is 18.2 Å². The van der Waals surface area contributed by atoms with E-state index >= 15 is 0 Å². The van der Waals surface area contributed by atoms with E-state index in [9.17, 15) is 4.79 Å². The lowest BCUT2D eigenvalue weighted by atomic mass is 10.1. The summed E-state index contributed by atoms with van der Waals surface area (Å²) < 4.78 is 2.23. The molecule has 0 aliphatic heterocycles. The minimum Gasteiger partial charge on any atom is -0.289 e. The van der Waals surface area contributed by atoms with Crippen LogP contribution >= 0.6 is 0 Å². The molecular weight excluding hydrogens is 318 g/mol. The lowest BCUT2D eigenvalue weighted by Crippen LogP contribution is -2.32. The molecule has 0 saturated heterocycles. The summed E-state index contributed by atoms with van der Waals surface area (Å²) in [6.07, 6.45) is 18.5. The zero-order chi connectivity index (χ0) is 18.5. The number of ketones is 1. The number of allylic oxidation sites excluding steroid dienone is 1. The van der Waals surface area contributed by atoms with Crippen LogP contribution in [-0.4, -0.2) is 5.78 Å². The molecule has 2 rings (SSSR count). The normalized spacial score (nSPS) is 11.1. The van der Waals surface area contributed by atoms with Gasteiger partial charge in [0.1, 0.15) is 6.54 Å². The second kappa shape index (κ2) is 12.2. The van der Waals surface area contributed by atoms with Crippen molar-refractivity contribution in [3.63, 3.8) is 0 Å². The third kappa shape index (κ3) is 7.77. The first kappa shape index (κ1) is 20.1. The number of hydrogen-bond acceptors (Lipinski definition) is 1. The molecule has 1 heterocycles.